The average Bonchev–Trinajstić information content (AvgIpc) is 3.39. The second-order valence-electron chi connectivity index (χ2n) is 10.4. The number of benzene rings is 3. The quantitative estimate of drug-likeness (QED) is 0.218. The van der Waals surface area contributed by atoms with Crippen molar-refractivity contribution in [1.82, 2.24) is 4.90 Å². The van der Waals surface area contributed by atoms with Crippen LogP contribution in [0.4, 0.5) is 0 Å². The van der Waals surface area contributed by atoms with E-state index in [1.807, 2.05) is 42.5 Å². The molecule has 1 aromatic heterocycles. The molecule has 0 bridgehead atoms. The SMILES string of the molecule is CC(C)Cc1ccc2c(Cc3ccc(OCCN4CCCC4)cc3)c(-c3ccc(Cl)cc3)c(=O)oc2c1. The van der Waals surface area contributed by atoms with E-state index in [1.54, 1.807) is 0 Å². The van der Waals surface area contributed by atoms with Crippen LogP contribution in [0.25, 0.3) is 22.1 Å². The van der Waals surface area contributed by atoms with Crippen LogP contribution in [0.3, 0.4) is 0 Å². The van der Waals surface area contributed by atoms with E-state index in [-0.39, 0.29) is 5.63 Å². The largest absolute Gasteiger partial charge is 0.492 e. The van der Waals surface area contributed by atoms with Gasteiger partial charge in [0.05, 0.1) is 5.56 Å². The fourth-order valence-electron chi connectivity index (χ4n) is 5.21. The predicted molar refractivity (Wildman–Crippen MR) is 152 cm³/mol. The molecule has 1 fully saturated rings. The normalized spacial score (nSPS) is 14.1. The van der Waals surface area contributed by atoms with Crippen molar-refractivity contribution in [2.24, 2.45) is 5.92 Å². The van der Waals surface area contributed by atoms with Gasteiger partial charge in [-0.15, -0.1) is 0 Å². The molecule has 0 amide bonds. The summed E-state index contributed by atoms with van der Waals surface area (Å²) >= 11 is 6.13. The molecule has 0 radical (unpaired) electrons. The molecule has 37 heavy (non-hydrogen) atoms. The van der Waals surface area contributed by atoms with Crippen molar-refractivity contribution in [3.63, 3.8) is 0 Å². The molecule has 0 aliphatic carbocycles. The molecule has 1 saturated heterocycles. The van der Waals surface area contributed by atoms with Gasteiger partial charge in [-0.3, -0.25) is 4.90 Å². The molecular weight excluding hydrogens is 482 g/mol. The summed E-state index contributed by atoms with van der Waals surface area (Å²) < 4.78 is 11.9. The van der Waals surface area contributed by atoms with Crippen LogP contribution in [0.1, 0.15) is 43.4 Å². The van der Waals surface area contributed by atoms with Crippen molar-refractivity contribution in [3.05, 3.63) is 98.9 Å². The monoisotopic (exact) mass is 515 g/mol. The maximum Gasteiger partial charge on any atom is 0.344 e. The fraction of sp³-hybridized carbons (Fsp3) is 0.344. The number of hydrogen-bond acceptors (Lipinski definition) is 4. The van der Waals surface area contributed by atoms with E-state index in [0.717, 1.165) is 40.8 Å². The zero-order valence-corrected chi connectivity index (χ0v) is 22.4. The third-order valence-electron chi connectivity index (χ3n) is 7.04. The van der Waals surface area contributed by atoms with Gasteiger partial charge in [-0.05, 0) is 97.3 Å². The summed E-state index contributed by atoms with van der Waals surface area (Å²) in [5.41, 5.74) is 4.96. The highest BCUT2D eigenvalue weighted by molar-refractivity contribution is 6.30. The lowest BCUT2D eigenvalue weighted by Gasteiger charge is -2.15. The smallest absolute Gasteiger partial charge is 0.344 e. The Hall–Kier alpha value is -3.08. The molecule has 0 atom stereocenters. The Morgan fingerprint density at radius 1 is 0.946 bits per heavy atom. The summed E-state index contributed by atoms with van der Waals surface area (Å²) in [5.74, 6) is 1.39. The summed E-state index contributed by atoms with van der Waals surface area (Å²) in [6, 6.07) is 21.9. The minimum Gasteiger partial charge on any atom is -0.492 e. The van der Waals surface area contributed by atoms with E-state index >= 15 is 0 Å². The third kappa shape index (κ3) is 6.26. The molecule has 0 saturated carbocycles. The third-order valence-corrected chi connectivity index (χ3v) is 7.29. The van der Waals surface area contributed by atoms with Gasteiger partial charge in [0, 0.05) is 17.0 Å². The highest BCUT2D eigenvalue weighted by Crippen LogP contribution is 2.31. The van der Waals surface area contributed by atoms with Crippen molar-refractivity contribution in [3.8, 4) is 16.9 Å². The minimum absolute atomic E-state index is 0.326. The molecule has 192 valence electrons. The number of fused-ring (bicyclic) bond motifs is 1. The number of ether oxygens (including phenoxy) is 1. The molecule has 0 N–H and O–H groups in total. The Morgan fingerprint density at radius 2 is 1.65 bits per heavy atom. The average molecular weight is 516 g/mol. The van der Waals surface area contributed by atoms with Gasteiger partial charge in [0.1, 0.15) is 17.9 Å². The van der Waals surface area contributed by atoms with Gasteiger partial charge in [-0.2, -0.15) is 0 Å². The molecule has 5 heteroatoms. The van der Waals surface area contributed by atoms with Gasteiger partial charge < -0.3 is 9.15 Å². The Bertz CT molecular complexity index is 1400. The van der Waals surface area contributed by atoms with Crippen LogP contribution in [0.5, 0.6) is 5.75 Å². The van der Waals surface area contributed by atoms with Crippen LogP contribution in [-0.2, 0) is 12.8 Å². The standard InChI is InChI=1S/C32H34ClNO3/c1-22(2)19-24-7-14-28-29(31(32(35)37-30(28)21-24)25-8-10-26(33)11-9-25)20-23-5-12-27(13-6-23)36-18-17-34-15-3-4-16-34/h5-14,21-22H,3-4,15-20H2,1-2H3. The van der Waals surface area contributed by atoms with Crippen molar-refractivity contribution in [2.75, 3.05) is 26.2 Å². The molecule has 0 unspecified atom stereocenters. The predicted octanol–water partition coefficient (Wildman–Crippen LogP) is 7.38. The van der Waals surface area contributed by atoms with Gasteiger partial charge >= 0.3 is 5.63 Å². The highest BCUT2D eigenvalue weighted by Gasteiger charge is 2.18. The zero-order valence-electron chi connectivity index (χ0n) is 21.6. The lowest BCUT2D eigenvalue weighted by atomic mass is 9.92. The van der Waals surface area contributed by atoms with Crippen molar-refractivity contribution >= 4 is 22.6 Å². The molecular formula is C32H34ClNO3. The first-order valence-electron chi connectivity index (χ1n) is 13.2. The summed E-state index contributed by atoms with van der Waals surface area (Å²) in [6.07, 6.45) is 4.13. The maximum atomic E-state index is 13.3. The minimum atomic E-state index is -0.326. The van der Waals surface area contributed by atoms with Crippen molar-refractivity contribution < 1.29 is 9.15 Å². The van der Waals surface area contributed by atoms with Gasteiger partial charge in [-0.25, -0.2) is 4.79 Å². The lowest BCUT2D eigenvalue weighted by molar-refractivity contribution is 0.238. The second-order valence-corrected chi connectivity index (χ2v) is 10.8. The van der Waals surface area contributed by atoms with Crippen LogP contribution >= 0.6 is 11.6 Å². The zero-order chi connectivity index (χ0) is 25.8. The first kappa shape index (κ1) is 25.6. The molecule has 4 aromatic rings. The molecule has 2 heterocycles. The number of hydrogen-bond donors (Lipinski definition) is 0. The van der Waals surface area contributed by atoms with Gasteiger partial charge in [0.25, 0.3) is 0 Å². The molecule has 4 nitrogen and oxygen atoms in total. The molecule has 1 aliphatic rings. The molecule has 1 aliphatic heterocycles. The van der Waals surface area contributed by atoms with Gasteiger partial charge in [0.15, 0.2) is 0 Å². The van der Waals surface area contributed by atoms with Crippen molar-refractivity contribution in [2.45, 2.75) is 39.5 Å². The Kier molecular flexibility index (Phi) is 7.97. The van der Waals surface area contributed by atoms with Gasteiger partial charge in [-0.1, -0.05) is 61.8 Å². The Labute approximate surface area is 223 Å². The maximum absolute atomic E-state index is 13.3. The summed E-state index contributed by atoms with van der Waals surface area (Å²) in [5, 5.41) is 1.59. The second kappa shape index (κ2) is 11.5. The topological polar surface area (TPSA) is 42.7 Å². The van der Waals surface area contributed by atoms with E-state index in [2.05, 4.69) is 43.0 Å². The number of halogens is 1. The number of likely N-dealkylation sites (tertiary alicyclic amines) is 1. The summed E-state index contributed by atoms with van der Waals surface area (Å²) in [6.45, 7) is 8.40. The Balaban J connectivity index is 1.46. The van der Waals surface area contributed by atoms with Crippen LogP contribution in [0, 0.1) is 5.92 Å². The lowest BCUT2D eigenvalue weighted by Crippen LogP contribution is -2.25. The molecule has 3 aromatic carbocycles. The van der Waals surface area contributed by atoms with Crippen LogP contribution < -0.4 is 10.4 Å². The number of nitrogens with zero attached hydrogens (tertiary/aromatic N) is 1. The van der Waals surface area contributed by atoms with Crippen molar-refractivity contribution in [1.29, 1.82) is 0 Å². The molecule has 5 rings (SSSR count). The summed E-state index contributed by atoms with van der Waals surface area (Å²) in [4.78, 5) is 15.8. The Morgan fingerprint density at radius 3 is 2.35 bits per heavy atom. The van der Waals surface area contributed by atoms with Crippen LogP contribution in [0.15, 0.2) is 75.9 Å². The van der Waals surface area contributed by atoms with E-state index in [4.69, 9.17) is 20.8 Å². The van der Waals surface area contributed by atoms with E-state index in [1.165, 1.54) is 31.5 Å². The molecule has 0 spiro atoms. The van der Waals surface area contributed by atoms with E-state index in [0.29, 0.717) is 35.1 Å². The van der Waals surface area contributed by atoms with E-state index < -0.39 is 0 Å². The van der Waals surface area contributed by atoms with Gasteiger partial charge in [0.2, 0.25) is 0 Å². The summed E-state index contributed by atoms with van der Waals surface area (Å²) in [7, 11) is 0. The first-order valence-corrected chi connectivity index (χ1v) is 13.6. The van der Waals surface area contributed by atoms with Crippen LogP contribution in [0.2, 0.25) is 5.02 Å². The number of rotatable bonds is 9. The van der Waals surface area contributed by atoms with Crippen LogP contribution in [-0.4, -0.2) is 31.1 Å². The first-order chi connectivity index (χ1) is 18.0. The highest BCUT2D eigenvalue weighted by atomic mass is 35.5. The van der Waals surface area contributed by atoms with E-state index in [9.17, 15) is 4.79 Å². The fourth-order valence-corrected chi connectivity index (χ4v) is 5.33.